The Hall–Kier alpha value is -4.28. The van der Waals surface area contributed by atoms with Crippen LogP contribution in [0.5, 0.6) is 11.5 Å². The Morgan fingerprint density at radius 3 is 2.71 bits per heavy atom. The van der Waals surface area contributed by atoms with E-state index in [0.717, 1.165) is 19.3 Å². The molecular weight excluding hydrogens is 452 g/mol. The number of benzene rings is 2. The van der Waals surface area contributed by atoms with E-state index in [1.165, 1.54) is 21.0 Å². The normalized spacial score (nSPS) is 20.5. The van der Waals surface area contributed by atoms with Gasteiger partial charge >= 0.3 is 0 Å². The highest BCUT2D eigenvalue weighted by Gasteiger charge is 2.55. The predicted octanol–water partition coefficient (Wildman–Crippen LogP) is 2.74. The second-order valence-corrected chi connectivity index (χ2v) is 8.59. The van der Waals surface area contributed by atoms with Gasteiger partial charge in [0.05, 0.1) is 25.5 Å². The van der Waals surface area contributed by atoms with Gasteiger partial charge in [0.25, 0.3) is 11.8 Å². The molecular formula is C24H22N6O5. The smallest absolute Gasteiger partial charge is 0.263 e. The molecule has 1 aliphatic carbocycles. The molecule has 6 rings (SSSR count). The number of carbonyl (C=O) groups excluding carboxylic acids is 2. The third-order valence-corrected chi connectivity index (χ3v) is 6.61. The molecule has 2 aromatic carbocycles. The maximum Gasteiger partial charge on any atom is 0.263 e. The lowest BCUT2D eigenvalue weighted by atomic mass is 10.1. The number of fused-ring (bicyclic) bond motifs is 2. The molecule has 178 valence electrons. The van der Waals surface area contributed by atoms with Crippen LogP contribution >= 0.6 is 0 Å². The van der Waals surface area contributed by atoms with Gasteiger partial charge in [-0.05, 0) is 54.7 Å². The van der Waals surface area contributed by atoms with Crippen molar-refractivity contribution in [3.8, 4) is 22.9 Å². The van der Waals surface area contributed by atoms with Crippen molar-refractivity contribution in [2.24, 2.45) is 10.3 Å². The summed E-state index contributed by atoms with van der Waals surface area (Å²) in [5.41, 5.74) is 3.66. The van der Waals surface area contributed by atoms with Crippen molar-refractivity contribution in [1.29, 1.82) is 0 Å². The molecule has 1 aromatic heterocycles. The first-order valence-electron chi connectivity index (χ1n) is 11.3. The minimum atomic E-state index is -0.889. The van der Waals surface area contributed by atoms with Gasteiger partial charge in [0.1, 0.15) is 18.0 Å². The third-order valence-electron chi connectivity index (χ3n) is 6.61. The van der Waals surface area contributed by atoms with Crippen LogP contribution in [0, 0.1) is 0 Å². The summed E-state index contributed by atoms with van der Waals surface area (Å²) in [6.45, 7) is 0.0349. The molecule has 35 heavy (non-hydrogen) atoms. The van der Waals surface area contributed by atoms with Crippen LogP contribution in [-0.2, 0) is 29.0 Å². The summed E-state index contributed by atoms with van der Waals surface area (Å²) < 4.78 is 16.0. The maximum atomic E-state index is 13.3. The largest absolute Gasteiger partial charge is 0.497 e. The van der Waals surface area contributed by atoms with E-state index in [4.69, 9.17) is 14.0 Å². The van der Waals surface area contributed by atoms with Gasteiger partial charge in [0.2, 0.25) is 11.7 Å². The molecule has 3 aromatic rings. The summed E-state index contributed by atoms with van der Waals surface area (Å²) in [6.07, 6.45) is 3.07. The molecule has 1 fully saturated rings. The van der Waals surface area contributed by atoms with E-state index in [2.05, 4.69) is 20.5 Å². The minimum absolute atomic E-state index is 0.0349. The zero-order chi connectivity index (χ0) is 24.1. The lowest BCUT2D eigenvalue weighted by Crippen LogP contribution is -2.39. The fourth-order valence-electron chi connectivity index (χ4n) is 4.86. The average molecular weight is 474 g/mol. The summed E-state index contributed by atoms with van der Waals surface area (Å²) in [5, 5.41) is 13.6. The summed E-state index contributed by atoms with van der Waals surface area (Å²) in [6, 6.07) is 9.29. The van der Waals surface area contributed by atoms with Crippen LogP contribution in [0.3, 0.4) is 0 Å². The van der Waals surface area contributed by atoms with Crippen LogP contribution in [0.1, 0.15) is 23.4 Å². The molecule has 2 aliphatic heterocycles. The Balaban J connectivity index is 1.22. The fourth-order valence-corrected chi connectivity index (χ4v) is 4.86. The Morgan fingerprint density at radius 1 is 1.03 bits per heavy atom. The van der Waals surface area contributed by atoms with Gasteiger partial charge < -0.3 is 14.0 Å². The number of hydrogen-bond acceptors (Lipinski definition) is 10. The summed E-state index contributed by atoms with van der Waals surface area (Å²) in [5.74, 6) is 0.974. The first-order chi connectivity index (χ1) is 17.1. The van der Waals surface area contributed by atoms with Gasteiger partial charge in [0, 0.05) is 6.07 Å². The maximum absolute atomic E-state index is 13.3. The van der Waals surface area contributed by atoms with E-state index < -0.39 is 12.1 Å². The Labute approximate surface area is 200 Å². The molecule has 0 spiro atoms. The van der Waals surface area contributed by atoms with Gasteiger partial charge in [0.15, 0.2) is 12.1 Å². The van der Waals surface area contributed by atoms with E-state index >= 15 is 0 Å². The number of aryl methyl sites for hydroxylation is 2. The fraction of sp³-hybridized carbons (Fsp3) is 0.333. The van der Waals surface area contributed by atoms with E-state index in [1.54, 1.807) is 32.4 Å². The molecule has 0 saturated carbocycles. The summed E-state index contributed by atoms with van der Waals surface area (Å²) in [4.78, 5) is 32.0. The Bertz CT molecular complexity index is 1370. The molecule has 2 atom stereocenters. The number of anilines is 1. The van der Waals surface area contributed by atoms with E-state index in [-0.39, 0.29) is 24.2 Å². The van der Waals surface area contributed by atoms with E-state index in [0.29, 0.717) is 28.6 Å². The number of carbonyl (C=O) groups is 2. The van der Waals surface area contributed by atoms with Gasteiger partial charge in [-0.15, -0.1) is 0 Å². The molecule has 0 N–H and O–H groups in total. The average Bonchev–Trinajstić information content (AvgIpc) is 3.66. The molecule has 1 saturated heterocycles. The predicted molar refractivity (Wildman–Crippen MR) is 122 cm³/mol. The van der Waals surface area contributed by atoms with Crippen LogP contribution < -0.4 is 14.4 Å². The number of methoxy groups -OCH3 is 2. The number of ether oxygens (including phenoxy) is 2. The van der Waals surface area contributed by atoms with Crippen molar-refractivity contribution < 1.29 is 23.6 Å². The van der Waals surface area contributed by atoms with Crippen LogP contribution in [-0.4, -0.2) is 53.3 Å². The number of nitrogens with zero attached hydrogens (tertiary/aromatic N) is 6. The third kappa shape index (κ3) is 3.42. The van der Waals surface area contributed by atoms with Crippen LogP contribution in [0.4, 0.5) is 5.69 Å². The molecule has 11 heteroatoms. The van der Waals surface area contributed by atoms with Crippen LogP contribution in [0.15, 0.2) is 51.3 Å². The number of amides is 2. The summed E-state index contributed by atoms with van der Waals surface area (Å²) >= 11 is 0. The summed E-state index contributed by atoms with van der Waals surface area (Å²) in [7, 11) is 3.11. The van der Waals surface area contributed by atoms with Gasteiger partial charge in [-0.1, -0.05) is 16.4 Å². The number of rotatable bonds is 6. The standard InChI is InChI=1S/C24H22N6O5/c1-33-16-8-9-17(18(11-16)34-2)22-25-19(35-27-22)12-29-21-20(26-28-29)23(31)30(24(21)32)15-7-6-13-4-3-5-14(13)10-15/h6-11,20-21H,3-5,12H2,1-2H3. The lowest BCUT2D eigenvalue weighted by molar-refractivity contribution is -0.123. The lowest BCUT2D eigenvalue weighted by Gasteiger charge is -2.19. The molecule has 3 aliphatic rings. The molecule has 0 bridgehead atoms. The first kappa shape index (κ1) is 21.3. The zero-order valence-corrected chi connectivity index (χ0v) is 19.2. The van der Waals surface area contributed by atoms with Crippen molar-refractivity contribution in [2.45, 2.75) is 37.9 Å². The molecule has 11 nitrogen and oxygen atoms in total. The van der Waals surface area contributed by atoms with Crippen molar-refractivity contribution in [3.63, 3.8) is 0 Å². The molecule has 2 amide bonds. The first-order valence-corrected chi connectivity index (χ1v) is 11.3. The highest BCUT2D eigenvalue weighted by atomic mass is 16.5. The minimum Gasteiger partial charge on any atom is -0.497 e. The van der Waals surface area contributed by atoms with Crippen molar-refractivity contribution in [2.75, 3.05) is 19.1 Å². The number of hydrogen-bond donors (Lipinski definition) is 0. The topological polar surface area (TPSA) is 123 Å². The zero-order valence-electron chi connectivity index (χ0n) is 19.2. The van der Waals surface area contributed by atoms with Crippen molar-refractivity contribution in [1.82, 2.24) is 15.1 Å². The second kappa shape index (κ2) is 8.19. The van der Waals surface area contributed by atoms with Crippen molar-refractivity contribution >= 4 is 17.5 Å². The monoisotopic (exact) mass is 474 g/mol. The Morgan fingerprint density at radius 2 is 1.89 bits per heavy atom. The number of aromatic nitrogens is 2. The molecule has 0 radical (unpaired) electrons. The van der Waals surface area contributed by atoms with Crippen LogP contribution in [0.2, 0.25) is 0 Å². The van der Waals surface area contributed by atoms with E-state index in [1.807, 2.05) is 18.2 Å². The quantitative estimate of drug-likeness (QED) is 0.500. The Kier molecular flexibility index (Phi) is 4.97. The highest BCUT2D eigenvalue weighted by Crippen LogP contribution is 2.36. The van der Waals surface area contributed by atoms with E-state index in [9.17, 15) is 9.59 Å². The highest BCUT2D eigenvalue weighted by molar-refractivity contribution is 6.25. The molecule has 2 unspecified atom stereocenters. The van der Waals surface area contributed by atoms with Gasteiger partial charge in [-0.25, -0.2) is 4.90 Å². The number of imide groups is 1. The van der Waals surface area contributed by atoms with Gasteiger partial charge in [-0.2, -0.15) is 10.1 Å². The van der Waals surface area contributed by atoms with Gasteiger partial charge in [-0.3, -0.25) is 14.6 Å². The van der Waals surface area contributed by atoms with Crippen LogP contribution in [0.25, 0.3) is 11.4 Å². The SMILES string of the molecule is COc1ccc(-c2noc(CN3N=NC4C(=O)N(c5ccc6c(c5)CCC6)C(=O)C43)n2)c(OC)c1. The second-order valence-electron chi connectivity index (χ2n) is 8.59. The molecule has 3 heterocycles. The van der Waals surface area contributed by atoms with Crippen molar-refractivity contribution in [3.05, 3.63) is 53.4 Å².